The molecule has 0 radical (unpaired) electrons. The van der Waals surface area contributed by atoms with Crippen molar-refractivity contribution in [2.24, 2.45) is 5.73 Å². The van der Waals surface area contributed by atoms with Crippen LogP contribution in [0.15, 0.2) is 17.5 Å². The van der Waals surface area contributed by atoms with Gasteiger partial charge in [0.25, 0.3) is 0 Å². The monoisotopic (exact) mass is 182 g/mol. The first-order chi connectivity index (χ1) is 5.70. The fraction of sp³-hybridized carbons (Fsp3) is 0.556. The second kappa shape index (κ2) is 2.75. The Balaban J connectivity index is 1.97. The Morgan fingerprint density at radius 3 is 2.92 bits per heavy atom. The van der Waals surface area contributed by atoms with E-state index in [4.69, 9.17) is 5.73 Å². The largest absolute Gasteiger partial charge is 0.365 e. The van der Waals surface area contributed by atoms with Gasteiger partial charge in [0.05, 0.1) is 5.00 Å². The highest BCUT2D eigenvalue weighted by atomic mass is 32.1. The maximum absolute atomic E-state index is 6.02. The minimum absolute atomic E-state index is 0.124. The summed E-state index contributed by atoms with van der Waals surface area (Å²) < 4.78 is 0. The van der Waals surface area contributed by atoms with Crippen LogP contribution in [0.2, 0.25) is 0 Å². The molecule has 3 heteroatoms. The predicted octanol–water partition coefficient (Wildman–Crippen LogP) is 1.68. The molecule has 12 heavy (non-hydrogen) atoms. The van der Waals surface area contributed by atoms with Crippen LogP contribution in [0.25, 0.3) is 0 Å². The third-order valence-electron chi connectivity index (χ3n) is 2.33. The molecular formula is C9H14N2S. The number of rotatable bonds is 3. The number of thiophene rings is 1. The summed E-state index contributed by atoms with van der Waals surface area (Å²) in [4.78, 5) is 2.25. The molecule has 0 aromatic carbocycles. The summed E-state index contributed by atoms with van der Waals surface area (Å²) in [5, 5.41) is 3.41. The van der Waals surface area contributed by atoms with Crippen LogP contribution >= 0.6 is 11.3 Å². The van der Waals surface area contributed by atoms with Gasteiger partial charge in [0.1, 0.15) is 0 Å². The van der Waals surface area contributed by atoms with Gasteiger partial charge in [-0.3, -0.25) is 0 Å². The van der Waals surface area contributed by atoms with Crippen molar-refractivity contribution in [2.45, 2.75) is 18.4 Å². The van der Waals surface area contributed by atoms with E-state index in [1.807, 2.05) is 0 Å². The van der Waals surface area contributed by atoms with E-state index < -0.39 is 0 Å². The molecule has 2 nitrogen and oxygen atoms in total. The van der Waals surface area contributed by atoms with E-state index >= 15 is 0 Å². The van der Waals surface area contributed by atoms with Crippen molar-refractivity contribution in [3.63, 3.8) is 0 Å². The van der Waals surface area contributed by atoms with Gasteiger partial charge in [-0.2, -0.15) is 0 Å². The third-order valence-corrected chi connectivity index (χ3v) is 3.31. The van der Waals surface area contributed by atoms with E-state index in [1.165, 1.54) is 17.8 Å². The molecule has 66 valence electrons. The lowest BCUT2D eigenvalue weighted by Gasteiger charge is -2.20. The smallest absolute Gasteiger partial charge is 0.0906 e. The highest BCUT2D eigenvalue weighted by Gasteiger charge is 2.39. The number of anilines is 1. The summed E-state index contributed by atoms with van der Waals surface area (Å²) in [6.45, 7) is 0.994. The summed E-state index contributed by atoms with van der Waals surface area (Å²) in [6, 6.07) is 4.21. The lowest BCUT2D eigenvalue weighted by atomic mass is 10.3. The summed E-state index contributed by atoms with van der Waals surface area (Å²) in [5.41, 5.74) is 6.14. The van der Waals surface area contributed by atoms with Gasteiger partial charge in [-0.25, -0.2) is 0 Å². The van der Waals surface area contributed by atoms with E-state index in [-0.39, 0.29) is 5.54 Å². The molecular weight excluding hydrogens is 168 g/mol. The van der Waals surface area contributed by atoms with Crippen LogP contribution in [-0.2, 0) is 0 Å². The molecule has 1 aliphatic rings. The van der Waals surface area contributed by atoms with Crippen LogP contribution in [0.5, 0.6) is 0 Å². The van der Waals surface area contributed by atoms with E-state index in [2.05, 4.69) is 29.5 Å². The molecule has 2 rings (SSSR count). The maximum atomic E-state index is 6.02. The number of nitrogens with zero attached hydrogens (tertiary/aromatic N) is 1. The Bertz CT molecular complexity index is 252. The molecule has 1 heterocycles. The van der Waals surface area contributed by atoms with Gasteiger partial charge in [-0.15, -0.1) is 11.3 Å². The minimum atomic E-state index is 0.124. The normalized spacial score (nSPS) is 19.2. The lowest BCUT2D eigenvalue weighted by Crippen LogP contribution is -2.36. The average Bonchev–Trinajstić information content (AvgIpc) is 2.55. The van der Waals surface area contributed by atoms with Gasteiger partial charge < -0.3 is 10.6 Å². The fourth-order valence-electron chi connectivity index (χ4n) is 1.36. The Labute approximate surface area is 77.0 Å². The van der Waals surface area contributed by atoms with Crippen molar-refractivity contribution >= 4 is 16.3 Å². The van der Waals surface area contributed by atoms with Gasteiger partial charge >= 0.3 is 0 Å². The van der Waals surface area contributed by atoms with Crippen molar-refractivity contribution in [1.82, 2.24) is 0 Å². The van der Waals surface area contributed by atoms with Crippen LogP contribution in [0.3, 0.4) is 0 Å². The summed E-state index contributed by atoms with van der Waals surface area (Å²) in [7, 11) is 2.11. The van der Waals surface area contributed by atoms with E-state index in [1.54, 1.807) is 11.3 Å². The molecule has 0 bridgehead atoms. The quantitative estimate of drug-likeness (QED) is 0.770. The van der Waals surface area contributed by atoms with Gasteiger partial charge in [-0.05, 0) is 30.4 Å². The van der Waals surface area contributed by atoms with Crippen molar-refractivity contribution < 1.29 is 0 Å². The van der Waals surface area contributed by atoms with Crippen LogP contribution in [0.4, 0.5) is 5.00 Å². The summed E-state index contributed by atoms with van der Waals surface area (Å²) >= 11 is 1.77. The van der Waals surface area contributed by atoms with Crippen LogP contribution in [0.1, 0.15) is 12.8 Å². The lowest BCUT2D eigenvalue weighted by molar-refractivity contribution is 0.663. The molecule has 1 saturated carbocycles. The van der Waals surface area contributed by atoms with Gasteiger partial charge in [-0.1, -0.05) is 0 Å². The predicted molar refractivity (Wildman–Crippen MR) is 53.7 cm³/mol. The zero-order chi connectivity index (χ0) is 8.60. The first kappa shape index (κ1) is 8.08. The van der Waals surface area contributed by atoms with Gasteiger partial charge in [0.2, 0.25) is 0 Å². The van der Waals surface area contributed by atoms with Crippen LogP contribution < -0.4 is 10.6 Å². The fourth-order valence-corrected chi connectivity index (χ4v) is 2.05. The third kappa shape index (κ3) is 1.62. The molecule has 2 N–H and O–H groups in total. The Morgan fingerprint density at radius 2 is 2.42 bits per heavy atom. The number of likely N-dealkylation sites (N-methyl/N-ethyl adjacent to an activating group) is 1. The van der Waals surface area contributed by atoms with Gasteiger partial charge in [0, 0.05) is 19.1 Å². The highest BCUT2D eigenvalue weighted by Crippen LogP contribution is 2.34. The number of hydrogen-bond acceptors (Lipinski definition) is 3. The molecule has 1 aliphatic carbocycles. The highest BCUT2D eigenvalue weighted by molar-refractivity contribution is 7.14. The van der Waals surface area contributed by atoms with E-state index in [9.17, 15) is 0 Å². The topological polar surface area (TPSA) is 29.3 Å². The SMILES string of the molecule is CN(CC1(N)CC1)c1cccs1. The number of nitrogens with two attached hydrogens (primary N) is 1. The standard InChI is InChI=1S/C9H14N2S/c1-11(7-9(10)4-5-9)8-3-2-6-12-8/h2-3,6H,4-5,7,10H2,1H3. The Morgan fingerprint density at radius 1 is 1.67 bits per heavy atom. The van der Waals surface area contributed by atoms with Crippen LogP contribution in [0, 0.1) is 0 Å². The number of hydrogen-bond donors (Lipinski definition) is 1. The average molecular weight is 182 g/mol. The summed E-state index contributed by atoms with van der Waals surface area (Å²) in [6.07, 6.45) is 2.37. The molecule has 0 saturated heterocycles. The van der Waals surface area contributed by atoms with E-state index in [0.717, 1.165) is 6.54 Å². The molecule has 1 fully saturated rings. The van der Waals surface area contributed by atoms with E-state index in [0.29, 0.717) is 0 Å². The maximum Gasteiger partial charge on any atom is 0.0906 e. The Hall–Kier alpha value is -0.540. The minimum Gasteiger partial charge on any atom is -0.365 e. The second-order valence-corrected chi connectivity index (χ2v) is 4.60. The molecule has 0 unspecified atom stereocenters. The molecule has 1 aromatic heterocycles. The van der Waals surface area contributed by atoms with Crippen LogP contribution in [-0.4, -0.2) is 19.1 Å². The summed E-state index contributed by atoms with van der Waals surface area (Å²) in [5.74, 6) is 0. The van der Waals surface area contributed by atoms with Crippen molar-refractivity contribution in [1.29, 1.82) is 0 Å². The van der Waals surface area contributed by atoms with Crippen molar-refractivity contribution in [2.75, 3.05) is 18.5 Å². The van der Waals surface area contributed by atoms with Crippen molar-refractivity contribution in [3.8, 4) is 0 Å². The molecule has 0 aliphatic heterocycles. The first-order valence-corrected chi connectivity index (χ1v) is 5.11. The zero-order valence-electron chi connectivity index (χ0n) is 7.29. The Kier molecular flexibility index (Phi) is 1.85. The molecule has 1 aromatic rings. The van der Waals surface area contributed by atoms with Gasteiger partial charge in [0.15, 0.2) is 0 Å². The first-order valence-electron chi connectivity index (χ1n) is 4.23. The van der Waals surface area contributed by atoms with Crippen molar-refractivity contribution in [3.05, 3.63) is 17.5 Å². The zero-order valence-corrected chi connectivity index (χ0v) is 8.10. The second-order valence-electron chi connectivity index (χ2n) is 3.67. The molecule has 0 amide bonds. The molecule has 0 spiro atoms. The molecule has 0 atom stereocenters.